The molecular formula is C17H26O2. The Bertz CT molecular complexity index is 437. The molecule has 0 saturated heterocycles. The Balaban J connectivity index is 2.98. The lowest BCUT2D eigenvalue weighted by molar-refractivity contribution is -0.149. The van der Waals surface area contributed by atoms with Crippen molar-refractivity contribution in [1.82, 2.24) is 0 Å². The fourth-order valence-corrected chi connectivity index (χ4v) is 2.54. The van der Waals surface area contributed by atoms with Crippen molar-refractivity contribution in [1.29, 1.82) is 0 Å². The molecule has 0 fully saturated rings. The van der Waals surface area contributed by atoms with Gasteiger partial charge in [0.05, 0.1) is 5.41 Å². The zero-order valence-electron chi connectivity index (χ0n) is 12.6. The van der Waals surface area contributed by atoms with E-state index in [1.54, 1.807) is 0 Å². The van der Waals surface area contributed by atoms with E-state index in [1.807, 2.05) is 6.92 Å². The molecule has 0 amide bonds. The fraction of sp³-hybridized carbons (Fsp3) is 0.588. The molecule has 1 atom stereocenters. The van der Waals surface area contributed by atoms with Crippen molar-refractivity contribution in [3.63, 3.8) is 0 Å². The van der Waals surface area contributed by atoms with E-state index in [1.165, 1.54) is 11.1 Å². The smallest absolute Gasteiger partial charge is 0.309 e. The SMILES string of the molecule is CCCCC(CC)(Cc1ccc(C)c(C)c1)C(=O)O. The van der Waals surface area contributed by atoms with Crippen LogP contribution in [0.3, 0.4) is 0 Å². The molecule has 106 valence electrons. The highest BCUT2D eigenvalue weighted by Crippen LogP contribution is 2.34. The monoisotopic (exact) mass is 262 g/mol. The first-order chi connectivity index (χ1) is 8.95. The highest BCUT2D eigenvalue weighted by atomic mass is 16.4. The van der Waals surface area contributed by atoms with Gasteiger partial charge in [-0.3, -0.25) is 4.79 Å². The van der Waals surface area contributed by atoms with Crippen LogP contribution in [-0.2, 0) is 11.2 Å². The Morgan fingerprint density at radius 3 is 2.37 bits per heavy atom. The number of benzene rings is 1. The van der Waals surface area contributed by atoms with Gasteiger partial charge < -0.3 is 5.11 Å². The quantitative estimate of drug-likeness (QED) is 0.784. The number of carbonyl (C=O) groups is 1. The summed E-state index contributed by atoms with van der Waals surface area (Å²) >= 11 is 0. The Kier molecular flexibility index (Phi) is 5.59. The third-order valence-corrected chi connectivity index (χ3v) is 4.25. The van der Waals surface area contributed by atoms with E-state index in [9.17, 15) is 9.90 Å². The van der Waals surface area contributed by atoms with Gasteiger partial charge in [-0.25, -0.2) is 0 Å². The standard InChI is InChI=1S/C17H26O2/c1-5-7-10-17(6-2,16(18)19)12-15-9-8-13(3)14(4)11-15/h8-9,11H,5-7,10,12H2,1-4H3,(H,18,19). The van der Waals surface area contributed by atoms with Crippen LogP contribution in [0, 0.1) is 19.3 Å². The maximum Gasteiger partial charge on any atom is 0.309 e. The van der Waals surface area contributed by atoms with Gasteiger partial charge in [0.25, 0.3) is 0 Å². The van der Waals surface area contributed by atoms with Crippen LogP contribution in [0.2, 0.25) is 0 Å². The van der Waals surface area contributed by atoms with E-state index < -0.39 is 11.4 Å². The summed E-state index contributed by atoms with van der Waals surface area (Å²) in [6.45, 7) is 8.27. The highest BCUT2D eigenvalue weighted by molar-refractivity contribution is 5.75. The Morgan fingerprint density at radius 2 is 1.89 bits per heavy atom. The summed E-state index contributed by atoms with van der Waals surface area (Å²) in [7, 11) is 0. The Morgan fingerprint density at radius 1 is 1.21 bits per heavy atom. The summed E-state index contributed by atoms with van der Waals surface area (Å²) < 4.78 is 0. The number of hydrogen-bond acceptors (Lipinski definition) is 1. The van der Waals surface area contributed by atoms with E-state index >= 15 is 0 Å². The lowest BCUT2D eigenvalue weighted by Crippen LogP contribution is -2.32. The molecule has 0 saturated carbocycles. The van der Waals surface area contributed by atoms with Gasteiger partial charge in [0, 0.05) is 0 Å². The number of aliphatic carboxylic acids is 1. The summed E-state index contributed by atoms with van der Waals surface area (Å²) in [5, 5.41) is 9.64. The molecule has 0 heterocycles. The second-order valence-corrected chi connectivity index (χ2v) is 5.64. The van der Waals surface area contributed by atoms with Gasteiger partial charge in [0.2, 0.25) is 0 Å². The first-order valence-electron chi connectivity index (χ1n) is 7.24. The second-order valence-electron chi connectivity index (χ2n) is 5.64. The minimum atomic E-state index is -0.651. The van der Waals surface area contributed by atoms with Crippen molar-refractivity contribution < 1.29 is 9.90 Å². The van der Waals surface area contributed by atoms with Crippen LogP contribution in [0.15, 0.2) is 18.2 Å². The first-order valence-corrected chi connectivity index (χ1v) is 7.24. The van der Waals surface area contributed by atoms with Gasteiger partial charge in [-0.15, -0.1) is 0 Å². The number of rotatable bonds is 7. The van der Waals surface area contributed by atoms with Gasteiger partial charge in [-0.2, -0.15) is 0 Å². The average molecular weight is 262 g/mol. The minimum Gasteiger partial charge on any atom is -0.481 e. The molecule has 0 aromatic heterocycles. The van der Waals surface area contributed by atoms with Crippen molar-refractivity contribution in [3.8, 4) is 0 Å². The molecule has 0 aliphatic carbocycles. The molecule has 1 aromatic rings. The first kappa shape index (κ1) is 15.7. The number of carboxylic acid groups (broad SMARTS) is 1. The molecule has 0 spiro atoms. The van der Waals surface area contributed by atoms with Crippen molar-refractivity contribution in [2.75, 3.05) is 0 Å². The molecule has 1 rings (SSSR count). The Hall–Kier alpha value is -1.31. The van der Waals surface area contributed by atoms with Crippen LogP contribution >= 0.6 is 0 Å². The van der Waals surface area contributed by atoms with Crippen molar-refractivity contribution in [2.24, 2.45) is 5.41 Å². The molecule has 2 nitrogen and oxygen atoms in total. The van der Waals surface area contributed by atoms with Crippen LogP contribution in [0.5, 0.6) is 0 Å². The Labute approximate surface area is 116 Å². The predicted octanol–water partition coefficient (Wildman–Crippen LogP) is 4.52. The molecule has 1 N–H and O–H groups in total. The number of unbranched alkanes of at least 4 members (excludes halogenated alkanes) is 1. The summed E-state index contributed by atoms with van der Waals surface area (Å²) in [6.07, 6.45) is 4.12. The van der Waals surface area contributed by atoms with Gasteiger partial charge >= 0.3 is 5.97 Å². The van der Waals surface area contributed by atoms with Gasteiger partial charge in [0.15, 0.2) is 0 Å². The van der Waals surface area contributed by atoms with Crippen LogP contribution in [0.4, 0.5) is 0 Å². The average Bonchev–Trinajstić information content (AvgIpc) is 2.38. The largest absolute Gasteiger partial charge is 0.481 e. The second kappa shape index (κ2) is 6.74. The molecular weight excluding hydrogens is 236 g/mol. The summed E-state index contributed by atoms with van der Waals surface area (Å²) in [5.74, 6) is -0.651. The lowest BCUT2D eigenvalue weighted by Gasteiger charge is -2.28. The maximum atomic E-state index is 11.7. The van der Waals surface area contributed by atoms with Gasteiger partial charge in [0.1, 0.15) is 0 Å². The summed E-state index contributed by atoms with van der Waals surface area (Å²) in [6, 6.07) is 6.29. The summed E-state index contributed by atoms with van der Waals surface area (Å²) in [4.78, 5) is 11.7. The van der Waals surface area contributed by atoms with E-state index in [-0.39, 0.29) is 0 Å². The molecule has 0 bridgehead atoms. The van der Waals surface area contributed by atoms with Crippen LogP contribution in [0.25, 0.3) is 0 Å². The molecule has 0 aliphatic heterocycles. The van der Waals surface area contributed by atoms with Crippen molar-refractivity contribution in [2.45, 2.75) is 59.8 Å². The van der Waals surface area contributed by atoms with E-state index in [0.717, 1.165) is 24.8 Å². The molecule has 2 heteroatoms. The summed E-state index contributed by atoms with van der Waals surface area (Å²) in [5.41, 5.74) is 3.04. The zero-order chi connectivity index (χ0) is 14.5. The third kappa shape index (κ3) is 3.82. The van der Waals surface area contributed by atoms with E-state index in [4.69, 9.17) is 0 Å². The van der Waals surface area contributed by atoms with Crippen LogP contribution in [0.1, 0.15) is 56.2 Å². The third-order valence-electron chi connectivity index (χ3n) is 4.25. The van der Waals surface area contributed by atoms with Crippen LogP contribution in [-0.4, -0.2) is 11.1 Å². The van der Waals surface area contributed by atoms with Gasteiger partial charge in [-0.1, -0.05) is 44.9 Å². The highest BCUT2D eigenvalue weighted by Gasteiger charge is 2.36. The minimum absolute atomic E-state index is 0.599. The number of hydrogen-bond donors (Lipinski definition) is 1. The normalized spacial score (nSPS) is 14.1. The zero-order valence-corrected chi connectivity index (χ0v) is 12.6. The lowest BCUT2D eigenvalue weighted by atomic mass is 9.75. The maximum absolute atomic E-state index is 11.7. The molecule has 0 radical (unpaired) electrons. The van der Waals surface area contributed by atoms with E-state index in [0.29, 0.717) is 12.8 Å². The van der Waals surface area contributed by atoms with E-state index in [2.05, 4.69) is 39.0 Å². The number of aryl methyl sites for hydroxylation is 2. The fourth-order valence-electron chi connectivity index (χ4n) is 2.54. The van der Waals surface area contributed by atoms with Crippen LogP contribution < -0.4 is 0 Å². The van der Waals surface area contributed by atoms with Crippen molar-refractivity contribution >= 4 is 5.97 Å². The predicted molar refractivity (Wildman–Crippen MR) is 79.5 cm³/mol. The molecule has 0 aliphatic rings. The van der Waals surface area contributed by atoms with Gasteiger partial charge in [-0.05, 0) is 49.8 Å². The molecule has 1 unspecified atom stereocenters. The van der Waals surface area contributed by atoms with Crippen molar-refractivity contribution in [3.05, 3.63) is 34.9 Å². The molecule has 19 heavy (non-hydrogen) atoms. The molecule has 1 aromatic carbocycles. The number of carboxylic acids is 1. The topological polar surface area (TPSA) is 37.3 Å².